The maximum Gasteiger partial charge on any atom is 0.256 e. The molecule has 8 rings (SSSR count). The van der Waals surface area contributed by atoms with Crippen LogP contribution in [0, 0.1) is 5.41 Å². The smallest absolute Gasteiger partial charge is 0.256 e. The molecule has 2 aromatic heterocycles. The van der Waals surface area contributed by atoms with E-state index in [1.165, 1.54) is 33.6 Å². The number of nitrogens with zero attached hydrogens (tertiary/aromatic N) is 3. The number of carbonyl (C=O) groups is 2. The summed E-state index contributed by atoms with van der Waals surface area (Å²) in [6.07, 6.45) is 2.39. The Labute approximate surface area is 235 Å². The molecule has 0 spiro atoms. The summed E-state index contributed by atoms with van der Waals surface area (Å²) >= 11 is 1.39. The van der Waals surface area contributed by atoms with E-state index in [1.54, 1.807) is 30.1 Å². The predicted molar refractivity (Wildman–Crippen MR) is 157 cm³/mol. The van der Waals surface area contributed by atoms with Gasteiger partial charge in [-0.05, 0) is 47.7 Å². The van der Waals surface area contributed by atoms with Crippen LogP contribution in [0.25, 0.3) is 11.3 Å². The number of aromatic nitrogens is 3. The number of thiazole rings is 1. The average Bonchev–Trinajstić information content (AvgIpc) is 3.62. The van der Waals surface area contributed by atoms with Crippen molar-refractivity contribution in [2.45, 2.75) is 25.2 Å². The third-order valence-electron chi connectivity index (χ3n) is 8.36. The molecule has 2 bridgehead atoms. The fourth-order valence-corrected chi connectivity index (χ4v) is 7.11. The van der Waals surface area contributed by atoms with Crippen LogP contribution in [0.2, 0.25) is 0 Å². The van der Waals surface area contributed by atoms with E-state index in [0.717, 1.165) is 12.0 Å². The summed E-state index contributed by atoms with van der Waals surface area (Å²) in [4.78, 5) is 31.5. The molecule has 8 heteroatoms. The van der Waals surface area contributed by atoms with E-state index in [1.807, 2.05) is 23.6 Å². The zero-order chi connectivity index (χ0) is 27.4. The molecule has 5 aromatic rings. The number of anilines is 2. The molecular weight excluding hydrogens is 518 g/mol. The monoisotopic (exact) mass is 545 g/mol. The van der Waals surface area contributed by atoms with E-state index in [-0.39, 0.29) is 23.7 Å². The van der Waals surface area contributed by atoms with E-state index >= 15 is 0 Å². The van der Waals surface area contributed by atoms with Crippen LogP contribution in [-0.2, 0) is 11.8 Å². The van der Waals surface area contributed by atoms with Crippen LogP contribution in [0.1, 0.15) is 57.8 Å². The van der Waals surface area contributed by atoms with E-state index in [9.17, 15) is 9.59 Å². The van der Waals surface area contributed by atoms with Crippen molar-refractivity contribution in [1.29, 1.82) is 0 Å². The Morgan fingerprint density at radius 3 is 2.30 bits per heavy atom. The van der Waals surface area contributed by atoms with Crippen LogP contribution in [0.5, 0.6) is 0 Å². The summed E-state index contributed by atoms with van der Waals surface area (Å²) in [6, 6.07) is 26.1. The minimum atomic E-state index is -0.608. The Balaban J connectivity index is 1.14. The quantitative estimate of drug-likeness (QED) is 0.267. The molecular formula is C32H27N5O2S. The van der Waals surface area contributed by atoms with Crippen molar-refractivity contribution in [3.05, 3.63) is 118 Å². The van der Waals surface area contributed by atoms with Crippen molar-refractivity contribution in [3.63, 3.8) is 0 Å². The van der Waals surface area contributed by atoms with Gasteiger partial charge in [0.05, 0.1) is 17.3 Å². The lowest BCUT2D eigenvalue weighted by molar-refractivity contribution is -0.126. The van der Waals surface area contributed by atoms with Gasteiger partial charge in [-0.15, -0.1) is 11.3 Å². The third-order valence-corrected chi connectivity index (χ3v) is 9.11. The van der Waals surface area contributed by atoms with Gasteiger partial charge in [0, 0.05) is 41.5 Å². The zero-order valence-electron chi connectivity index (χ0n) is 22.1. The number of amides is 2. The molecule has 3 aliphatic carbocycles. The lowest BCUT2D eigenvalue weighted by Gasteiger charge is -2.50. The fourth-order valence-electron chi connectivity index (χ4n) is 6.40. The molecule has 2 heterocycles. The topological polar surface area (TPSA) is 88.9 Å². The van der Waals surface area contributed by atoms with E-state index in [0.29, 0.717) is 22.2 Å². The molecule has 0 saturated carbocycles. The normalized spacial score (nSPS) is 20.4. The van der Waals surface area contributed by atoms with Gasteiger partial charge in [0.15, 0.2) is 5.13 Å². The minimum Gasteiger partial charge on any atom is -0.307 e. The molecule has 3 aliphatic rings. The highest BCUT2D eigenvalue weighted by atomic mass is 32.1. The second-order valence-corrected chi connectivity index (χ2v) is 11.6. The highest BCUT2D eigenvalue weighted by Crippen LogP contribution is 2.61. The average molecular weight is 546 g/mol. The van der Waals surface area contributed by atoms with Gasteiger partial charge >= 0.3 is 0 Å². The Kier molecular flexibility index (Phi) is 5.68. The second kappa shape index (κ2) is 9.27. The van der Waals surface area contributed by atoms with Crippen molar-refractivity contribution in [2.75, 3.05) is 10.6 Å². The summed E-state index contributed by atoms with van der Waals surface area (Å²) in [5, 5.41) is 12.6. The summed E-state index contributed by atoms with van der Waals surface area (Å²) in [5.41, 5.74) is 6.58. The first-order valence-electron chi connectivity index (χ1n) is 13.3. The van der Waals surface area contributed by atoms with Gasteiger partial charge < -0.3 is 10.6 Å². The molecule has 0 saturated heterocycles. The number of fused-ring (bicyclic) bond motifs is 1. The van der Waals surface area contributed by atoms with Crippen molar-refractivity contribution in [3.8, 4) is 11.3 Å². The maximum absolute atomic E-state index is 14.0. The number of benzene rings is 3. The van der Waals surface area contributed by atoms with Crippen LogP contribution in [0.15, 0.2) is 90.4 Å². The summed E-state index contributed by atoms with van der Waals surface area (Å²) < 4.78 is 1.60. The molecule has 7 nitrogen and oxygen atoms in total. The van der Waals surface area contributed by atoms with Gasteiger partial charge in [-0.3, -0.25) is 14.3 Å². The van der Waals surface area contributed by atoms with E-state index < -0.39 is 5.41 Å². The summed E-state index contributed by atoms with van der Waals surface area (Å²) in [7, 11) is 1.77. The van der Waals surface area contributed by atoms with Gasteiger partial charge in [0.25, 0.3) is 5.91 Å². The molecule has 1 unspecified atom stereocenters. The second-order valence-electron chi connectivity index (χ2n) is 10.7. The summed E-state index contributed by atoms with van der Waals surface area (Å²) in [6.45, 7) is 2.09. The van der Waals surface area contributed by atoms with Gasteiger partial charge in [-0.1, -0.05) is 60.7 Å². The molecule has 3 aromatic carbocycles. The Morgan fingerprint density at radius 2 is 1.62 bits per heavy atom. The van der Waals surface area contributed by atoms with Crippen molar-refractivity contribution < 1.29 is 9.59 Å². The lowest BCUT2D eigenvalue weighted by Crippen LogP contribution is -2.47. The van der Waals surface area contributed by atoms with Crippen LogP contribution in [0.4, 0.5) is 10.9 Å². The Bertz CT molecular complexity index is 1740. The van der Waals surface area contributed by atoms with Crippen molar-refractivity contribution in [2.24, 2.45) is 12.5 Å². The van der Waals surface area contributed by atoms with E-state index in [4.69, 9.17) is 4.98 Å². The van der Waals surface area contributed by atoms with Crippen LogP contribution in [-0.4, -0.2) is 26.6 Å². The maximum atomic E-state index is 14.0. The zero-order valence-corrected chi connectivity index (χ0v) is 22.9. The first kappa shape index (κ1) is 24.5. The van der Waals surface area contributed by atoms with E-state index in [2.05, 4.69) is 71.2 Å². The molecule has 2 N–H and O–H groups in total. The SMILES string of the molecule is Cn1nccc1NC(=O)c1cccc(-c2csc(NC(=O)C3(C)CC4c5ccccc5C3c3ccccc34)n2)c1. The molecule has 40 heavy (non-hydrogen) atoms. The Morgan fingerprint density at radius 1 is 0.925 bits per heavy atom. The molecule has 2 amide bonds. The standard InChI is InChI=1S/C32H27N5O2S/c1-32(17-25-21-10-3-5-12-23(21)28(32)24-13-6-4-11-22(24)25)30(39)36-31-34-26(18-40-31)19-8-7-9-20(16-19)29(38)35-27-14-15-33-37(27)2/h3-16,18,25,28H,17H2,1-2H3,(H,35,38)(H,34,36,39). The van der Waals surface area contributed by atoms with Crippen LogP contribution >= 0.6 is 11.3 Å². The summed E-state index contributed by atoms with van der Waals surface area (Å²) in [5.74, 6) is 0.551. The lowest BCUT2D eigenvalue weighted by atomic mass is 9.52. The molecule has 198 valence electrons. The number of hydrogen-bond donors (Lipinski definition) is 2. The minimum absolute atomic E-state index is 0.0149. The fraction of sp³-hybridized carbons (Fsp3) is 0.188. The van der Waals surface area contributed by atoms with Gasteiger partial charge in [-0.2, -0.15) is 5.10 Å². The first-order valence-corrected chi connectivity index (χ1v) is 14.1. The highest BCUT2D eigenvalue weighted by Gasteiger charge is 2.54. The van der Waals surface area contributed by atoms with Crippen molar-refractivity contribution in [1.82, 2.24) is 14.8 Å². The first-order chi connectivity index (χ1) is 19.4. The van der Waals surface area contributed by atoms with Gasteiger partial charge in [0.2, 0.25) is 5.91 Å². The number of nitrogens with one attached hydrogen (secondary N) is 2. The number of hydrogen-bond acceptors (Lipinski definition) is 5. The van der Waals surface area contributed by atoms with Crippen LogP contribution < -0.4 is 10.6 Å². The number of aryl methyl sites for hydroxylation is 1. The molecule has 0 aliphatic heterocycles. The Hall–Kier alpha value is -4.56. The van der Waals surface area contributed by atoms with Crippen molar-refractivity contribution >= 4 is 34.1 Å². The number of carbonyl (C=O) groups excluding carboxylic acids is 2. The molecule has 0 radical (unpaired) electrons. The largest absolute Gasteiger partial charge is 0.307 e. The molecule has 1 atom stereocenters. The van der Waals surface area contributed by atoms with Crippen LogP contribution in [0.3, 0.4) is 0 Å². The highest BCUT2D eigenvalue weighted by molar-refractivity contribution is 7.14. The van der Waals surface area contributed by atoms with Gasteiger partial charge in [0.1, 0.15) is 5.82 Å². The third kappa shape index (κ3) is 3.86. The number of rotatable bonds is 5. The predicted octanol–water partition coefficient (Wildman–Crippen LogP) is 6.42. The molecule has 0 fully saturated rings. The van der Waals surface area contributed by atoms with Gasteiger partial charge in [-0.25, -0.2) is 4.98 Å².